The Bertz CT molecular complexity index is 1100. The molecule has 0 aromatic heterocycles. The number of hydrogen-bond donors (Lipinski definition) is 2. The van der Waals surface area contributed by atoms with E-state index in [4.69, 9.17) is 9.47 Å². The van der Waals surface area contributed by atoms with Crippen LogP contribution in [0.25, 0.3) is 0 Å². The van der Waals surface area contributed by atoms with Gasteiger partial charge in [-0.3, -0.25) is 4.72 Å². The smallest absolute Gasteiger partial charge is 0.416 e. The maximum Gasteiger partial charge on any atom is 0.416 e. The molecule has 8 nitrogen and oxygen atoms in total. The lowest BCUT2D eigenvalue weighted by Crippen LogP contribution is -2.20. The van der Waals surface area contributed by atoms with Gasteiger partial charge in [0.05, 0.1) is 27.6 Å². The number of benzene rings is 2. The Balaban J connectivity index is 2.47. The molecule has 2 aromatic carbocycles. The van der Waals surface area contributed by atoms with E-state index >= 15 is 0 Å². The van der Waals surface area contributed by atoms with E-state index in [0.717, 1.165) is 31.3 Å². The largest absolute Gasteiger partial charge is 0.489 e. The summed E-state index contributed by atoms with van der Waals surface area (Å²) in [5, 5.41) is 0. The van der Waals surface area contributed by atoms with Crippen molar-refractivity contribution in [2.45, 2.75) is 16.0 Å². The van der Waals surface area contributed by atoms with Crippen molar-refractivity contribution in [3.63, 3.8) is 0 Å². The predicted octanol–water partition coefficient (Wildman–Crippen LogP) is 2.44. The van der Waals surface area contributed by atoms with Crippen LogP contribution < -0.4 is 14.2 Å². The fourth-order valence-electron chi connectivity index (χ4n) is 2.28. The number of rotatable bonds is 9. The van der Waals surface area contributed by atoms with Crippen molar-refractivity contribution in [2.24, 2.45) is 0 Å². The first kappa shape index (κ1) is 23.9. The summed E-state index contributed by atoms with van der Waals surface area (Å²) >= 11 is 0. The molecule has 13 heteroatoms. The Morgan fingerprint density at radius 3 is 2.13 bits per heavy atom. The van der Waals surface area contributed by atoms with Crippen molar-refractivity contribution in [3.8, 4) is 5.75 Å². The second-order valence-corrected chi connectivity index (χ2v) is 9.41. The number of methoxy groups -OCH3 is 1. The zero-order valence-corrected chi connectivity index (χ0v) is 17.5. The van der Waals surface area contributed by atoms with Crippen LogP contribution in [-0.4, -0.2) is 44.2 Å². The maximum atomic E-state index is 13.1. The van der Waals surface area contributed by atoms with Crippen molar-refractivity contribution in [2.75, 3.05) is 32.1 Å². The normalized spacial score (nSPS) is 12.6. The van der Waals surface area contributed by atoms with E-state index in [1.165, 1.54) is 19.2 Å². The summed E-state index contributed by atoms with van der Waals surface area (Å²) in [5.74, 6) is -0.150. The molecule has 0 aliphatic heterocycles. The van der Waals surface area contributed by atoms with Crippen LogP contribution in [0.5, 0.6) is 5.75 Å². The number of hydrogen-bond acceptors (Lipinski definition) is 6. The summed E-state index contributed by atoms with van der Waals surface area (Å²) in [6.45, 7) is 0.0869. The molecule has 2 aromatic rings. The molecular formula is C17H19F3N2O6S2. The summed E-state index contributed by atoms with van der Waals surface area (Å²) in [6.07, 6.45) is -4.72. The predicted molar refractivity (Wildman–Crippen MR) is 102 cm³/mol. The molecule has 0 fully saturated rings. The third-order valence-electron chi connectivity index (χ3n) is 3.79. The van der Waals surface area contributed by atoms with Crippen LogP contribution in [0.15, 0.2) is 52.3 Å². The van der Waals surface area contributed by atoms with Crippen LogP contribution in [0.2, 0.25) is 0 Å². The van der Waals surface area contributed by atoms with Crippen LogP contribution in [0.4, 0.5) is 18.9 Å². The van der Waals surface area contributed by atoms with Gasteiger partial charge < -0.3 is 9.47 Å². The maximum absolute atomic E-state index is 13.1. The van der Waals surface area contributed by atoms with Gasteiger partial charge in [-0.15, -0.1) is 0 Å². The van der Waals surface area contributed by atoms with Gasteiger partial charge in [-0.25, -0.2) is 21.6 Å². The molecule has 0 amide bonds. The molecule has 0 atom stereocenters. The van der Waals surface area contributed by atoms with Crippen molar-refractivity contribution >= 4 is 25.7 Å². The van der Waals surface area contributed by atoms with Gasteiger partial charge in [0.25, 0.3) is 10.0 Å². The first-order valence-corrected chi connectivity index (χ1v) is 11.3. The highest BCUT2D eigenvalue weighted by molar-refractivity contribution is 7.93. The number of alkyl halides is 3. The van der Waals surface area contributed by atoms with E-state index in [9.17, 15) is 30.0 Å². The Labute approximate surface area is 172 Å². The fourth-order valence-corrected chi connectivity index (χ4v) is 4.23. The second kappa shape index (κ2) is 9.20. The standard InChI is InChI=1S/C17H19F3N2O6S2/c1-21-29(23,24)13-4-3-5-14(11-13)30(25,26)22-15-10-12(17(18,19)20)6-7-16(15)28-9-8-27-2/h3-7,10-11,21-22H,8-9H2,1-2H3. The summed E-state index contributed by atoms with van der Waals surface area (Å²) < 4.78 is 103. The highest BCUT2D eigenvalue weighted by Gasteiger charge is 2.32. The first-order valence-electron chi connectivity index (χ1n) is 8.30. The molecule has 2 rings (SSSR count). The van der Waals surface area contributed by atoms with Gasteiger partial charge >= 0.3 is 6.18 Å². The molecule has 0 saturated heterocycles. The molecule has 0 radical (unpaired) electrons. The monoisotopic (exact) mass is 468 g/mol. The molecule has 30 heavy (non-hydrogen) atoms. The third kappa shape index (κ3) is 5.84. The Morgan fingerprint density at radius 1 is 0.933 bits per heavy atom. The topological polar surface area (TPSA) is 111 Å². The van der Waals surface area contributed by atoms with Gasteiger partial charge in [0.2, 0.25) is 10.0 Å². The highest BCUT2D eigenvalue weighted by Crippen LogP contribution is 2.36. The van der Waals surface area contributed by atoms with Crippen molar-refractivity contribution in [1.82, 2.24) is 4.72 Å². The molecule has 166 valence electrons. The first-order chi connectivity index (χ1) is 13.9. The number of sulfonamides is 2. The van der Waals surface area contributed by atoms with Crippen molar-refractivity contribution in [1.29, 1.82) is 0 Å². The van der Waals surface area contributed by atoms with Gasteiger partial charge in [-0.2, -0.15) is 13.2 Å². The summed E-state index contributed by atoms with van der Waals surface area (Å²) in [4.78, 5) is -0.785. The molecule has 2 N–H and O–H groups in total. The number of ether oxygens (including phenoxy) is 2. The molecule has 0 unspecified atom stereocenters. The molecule has 0 bridgehead atoms. The lowest BCUT2D eigenvalue weighted by Gasteiger charge is -2.16. The lowest BCUT2D eigenvalue weighted by atomic mass is 10.2. The van der Waals surface area contributed by atoms with Gasteiger partial charge in [-0.1, -0.05) is 6.07 Å². The average Bonchev–Trinajstić information content (AvgIpc) is 2.68. The molecule has 0 heterocycles. The number of anilines is 1. The van der Waals surface area contributed by atoms with E-state index in [2.05, 4.69) is 0 Å². The third-order valence-corrected chi connectivity index (χ3v) is 6.57. The number of halogens is 3. The van der Waals surface area contributed by atoms with E-state index < -0.39 is 42.4 Å². The van der Waals surface area contributed by atoms with Crippen LogP contribution in [0, 0.1) is 0 Å². The van der Waals surface area contributed by atoms with E-state index in [0.29, 0.717) is 6.07 Å². The van der Waals surface area contributed by atoms with E-state index in [1.54, 1.807) is 0 Å². The zero-order chi connectivity index (χ0) is 22.6. The summed E-state index contributed by atoms with van der Waals surface area (Å²) in [7, 11) is -5.82. The van der Waals surface area contributed by atoms with Crippen LogP contribution in [0.1, 0.15) is 5.56 Å². The second-order valence-electron chi connectivity index (χ2n) is 5.84. The van der Waals surface area contributed by atoms with E-state index in [1.807, 2.05) is 9.44 Å². The number of nitrogens with one attached hydrogen (secondary N) is 2. The zero-order valence-electron chi connectivity index (χ0n) is 15.9. The lowest BCUT2D eigenvalue weighted by molar-refractivity contribution is -0.137. The fraction of sp³-hybridized carbons (Fsp3) is 0.294. The molecular weight excluding hydrogens is 449 g/mol. The van der Waals surface area contributed by atoms with Gasteiger partial charge in [-0.05, 0) is 43.4 Å². The molecule has 0 saturated carbocycles. The molecule has 0 aliphatic rings. The minimum Gasteiger partial charge on any atom is -0.489 e. The van der Waals surface area contributed by atoms with Crippen molar-refractivity contribution in [3.05, 3.63) is 48.0 Å². The van der Waals surface area contributed by atoms with Gasteiger partial charge in [0, 0.05) is 7.11 Å². The van der Waals surface area contributed by atoms with Crippen molar-refractivity contribution < 1.29 is 39.5 Å². The minimum atomic E-state index is -4.72. The van der Waals surface area contributed by atoms with E-state index in [-0.39, 0.29) is 23.9 Å². The average molecular weight is 468 g/mol. The Kier molecular flexibility index (Phi) is 7.34. The van der Waals surface area contributed by atoms with Gasteiger partial charge in [0.15, 0.2) is 0 Å². The molecule has 0 spiro atoms. The van der Waals surface area contributed by atoms with Crippen LogP contribution >= 0.6 is 0 Å². The van der Waals surface area contributed by atoms with Crippen LogP contribution in [0.3, 0.4) is 0 Å². The molecule has 0 aliphatic carbocycles. The minimum absolute atomic E-state index is 0.0352. The Morgan fingerprint density at radius 2 is 1.57 bits per heavy atom. The quantitative estimate of drug-likeness (QED) is 0.547. The SMILES string of the molecule is CNS(=O)(=O)c1cccc(S(=O)(=O)Nc2cc(C(F)(F)F)ccc2OCCOC)c1. The summed E-state index contributed by atoms with van der Waals surface area (Å²) in [5.41, 5.74) is -1.55. The van der Waals surface area contributed by atoms with Gasteiger partial charge in [0.1, 0.15) is 12.4 Å². The Hall–Kier alpha value is -2.35. The summed E-state index contributed by atoms with van der Waals surface area (Å²) in [6, 6.07) is 6.69. The van der Waals surface area contributed by atoms with Crippen LogP contribution in [-0.2, 0) is 31.0 Å². The highest BCUT2D eigenvalue weighted by atomic mass is 32.2.